The van der Waals surface area contributed by atoms with Crippen molar-refractivity contribution in [3.63, 3.8) is 0 Å². The van der Waals surface area contributed by atoms with Crippen molar-refractivity contribution in [1.82, 2.24) is 5.32 Å². The predicted molar refractivity (Wildman–Crippen MR) is 54.1 cm³/mol. The topological polar surface area (TPSA) is 58.2 Å². The van der Waals surface area contributed by atoms with Gasteiger partial charge in [0.05, 0.1) is 0 Å². The summed E-state index contributed by atoms with van der Waals surface area (Å²) < 4.78 is 0. The summed E-state index contributed by atoms with van der Waals surface area (Å²) in [6.07, 6.45) is 0.580. The molecular weight excluding hydrogens is 180 g/mol. The Morgan fingerprint density at radius 3 is 2.93 bits per heavy atom. The highest BCUT2D eigenvalue weighted by atomic mass is 16.1. The maximum Gasteiger partial charge on any atom is 0.251 e. The van der Waals surface area contributed by atoms with Crippen molar-refractivity contribution in [2.45, 2.75) is 6.92 Å². The van der Waals surface area contributed by atoms with Gasteiger partial charge in [0.2, 0.25) is 6.41 Å². The Labute approximate surface area is 82.3 Å². The van der Waals surface area contributed by atoms with Crippen LogP contribution < -0.4 is 10.6 Å². The zero-order chi connectivity index (χ0) is 10.4. The SMILES string of the molecule is CCNC(=O)c1cccc(NC=O)c1. The number of hydrogen-bond acceptors (Lipinski definition) is 2. The molecule has 0 saturated heterocycles. The second-order valence-corrected chi connectivity index (χ2v) is 2.70. The Morgan fingerprint density at radius 2 is 2.29 bits per heavy atom. The molecule has 0 fully saturated rings. The molecule has 0 radical (unpaired) electrons. The number of anilines is 1. The maximum absolute atomic E-state index is 11.4. The first-order valence-electron chi connectivity index (χ1n) is 4.36. The first-order chi connectivity index (χ1) is 6.77. The molecule has 0 aliphatic heterocycles. The first-order valence-corrected chi connectivity index (χ1v) is 4.36. The summed E-state index contributed by atoms with van der Waals surface area (Å²) in [5.74, 6) is -0.137. The molecule has 0 saturated carbocycles. The fourth-order valence-corrected chi connectivity index (χ4v) is 1.08. The van der Waals surface area contributed by atoms with Gasteiger partial charge in [-0.2, -0.15) is 0 Å². The fraction of sp³-hybridized carbons (Fsp3) is 0.200. The van der Waals surface area contributed by atoms with Crippen LogP contribution in [0.25, 0.3) is 0 Å². The van der Waals surface area contributed by atoms with Crippen LogP contribution in [0.5, 0.6) is 0 Å². The molecule has 4 nitrogen and oxygen atoms in total. The van der Waals surface area contributed by atoms with Gasteiger partial charge in [-0.05, 0) is 25.1 Å². The van der Waals surface area contributed by atoms with Crippen LogP contribution in [0.1, 0.15) is 17.3 Å². The van der Waals surface area contributed by atoms with E-state index in [1.807, 2.05) is 6.92 Å². The van der Waals surface area contributed by atoms with Crippen LogP contribution >= 0.6 is 0 Å². The summed E-state index contributed by atoms with van der Waals surface area (Å²) in [5.41, 5.74) is 1.16. The monoisotopic (exact) mass is 192 g/mol. The Bertz CT molecular complexity index is 337. The van der Waals surface area contributed by atoms with Gasteiger partial charge in [-0.3, -0.25) is 9.59 Å². The summed E-state index contributed by atoms with van der Waals surface area (Å²) in [5, 5.41) is 5.16. The number of amides is 2. The van der Waals surface area contributed by atoms with Gasteiger partial charge in [-0.15, -0.1) is 0 Å². The van der Waals surface area contributed by atoms with Crippen LogP contribution in [0.15, 0.2) is 24.3 Å². The van der Waals surface area contributed by atoms with E-state index in [0.29, 0.717) is 24.2 Å². The summed E-state index contributed by atoms with van der Waals surface area (Å²) in [4.78, 5) is 21.5. The second-order valence-electron chi connectivity index (χ2n) is 2.70. The highest BCUT2D eigenvalue weighted by molar-refractivity contribution is 5.95. The summed E-state index contributed by atoms with van der Waals surface area (Å²) in [7, 11) is 0. The van der Waals surface area contributed by atoms with Crippen molar-refractivity contribution in [2.24, 2.45) is 0 Å². The average Bonchev–Trinajstić information content (AvgIpc) is 2.19. The van der Waals surface area contributed by atoms with Gasteiger partial charge in [-0.25, -0.2) is 0 Å². The predicted octanol–water partition coefficient (Wildman–Crippen LogP) is 1.00. The molecule has 1 aromatic rings. The van der Waals surface area contributed by atoms with Crippen molar-refractivity contribution < 1.29 is 9.59 Å². The quantitative estimate of drug-likeness (QED) is 0.699. The molecule has 0 atom stereocenters. The van der Waals surface area contributed by atoms with E-state index in [9.17, 15) is 9.59 Å². The van der Waals surface area contributed by atoms with Gasteiger partial charge in [0, 0.05) is 17.8 Å². The molecule has 0 aliphatic carbocycles. The largest absolute Gasteiger partial charge is 0.352 e. The normalized spacial score (nSPS) is 9.21. The van der Waals surface area contributed by atoms with Crippen LogP contribution in [0.4, 0.5) is 5.69 Å². The van der Waals surface area contributed by atoms with E-state index in [1.165, 1.54) is 0 Å². The molecule has 0 unspecified atom stereocenters. The second kappa shape index (κ2) is 5.01. The summed E-state index contributed by atoms with van der Waals surface area (Å²) in [6, 6.07) is 6.76. The Kier molecular flexibility index (Phi) is 3.67. The molecule has 4 heteroatoms. The summed E-state index contributed by atoms with van der Waals surface area (Å²) in [6.45, 7) is 2.44. The molecule has 0 bridgehead atoms. The van der Waals surface area contributed by atoms with Crippen LogP contribution in [-0.2, 0) is 4.79 Å². The lowest BCUT2D eigenvalue weighted by atomic mass is 10.2. The van der Waals surface area contributed by atoms with Crippen LogP contribution in [0, 0.1) is 0 Å². The van der Waals surface area contributed by atoms with Crippen molar-refractivity contribution in [2.75, 3.05) is 11.9 Å². The van der Waals surface area contributed by atoms with E-state index in [-0.39, 0.29) is 5.91 Å². The molecule has 2 N–H and O–H groups in total. The van der Waals surface area contributed by atoms with Crippen molar-refractivity contribution >= 4 is 18.0 Å². The molecule has 2 amide bonds. The molecule has 1 aromatic carbocycles. The standard InChI is InChI=1S/C10H12N2O2/c1-2-11-10(14)8-4-3-5-9(6-8)12-7-13/h3-7H,2H2,1H3,(H,11,14)(H,12,13). The van der Waals surface area contributed by atoms with Gasteiger partial charge < -0.3 is 10.6 Å². The van der Waals surface area contributed by atoms with E-state index >= 15 is 0 Å². The Morgan fingerprint density at radius 1 is 1.50 bits per heavy atom. The molecule has 0 aromatic heterocycles. The molecule has 74 valence electrons. The van der Waals surface area contributed by atoms with Crippen LogP contribution in [-0.4, -0.2) is 18.9 Å². The van der Waals surface area contributed by atoms with Crippen molar-refractivity contribution in [3.8, 4) is 0 Å². The molecule has 0 heterocycles. The molecular formula is C10H12N2O2. The van der Waals surface area contributed by atoms with Gasteiger partial charge in [0.25, 0.3) is 5.91 Å². The minimum absolute atomic E-state index is 0.137. The number of benzene rings is 1. The Balaban J connectivity index is 2.82. The van der Waals surface area contributed by atoms with E-state index < -0.39 is 0 Å². The lowest BCUT2D eigenvalue weighted by molar-refractivity contribution is -0.105. The number of carbonyl (C=O) groups is 2. The van der Waals surface area contributed by atoms with Gasteiger partial charge in [0.15, 0.2) is 0 Å². The lowest BCUT2D eigenvalue weighted by Crippen LogP contribution is -2.22. The number of hydrogen-bond donors (Lipinski definition) is 2. The minimum atomic E-state index is -0.137. The maximum atomic E-state index is 11.4. The first kappa shape index (κ1) is 10.2. The molecule has 0 aliphatic rings. The number of carbonyl (C=O) groups excluding carboxylic acids is 2. The van der Waals surface area contributed by atoms with Crippen LogP contribution in [0.2, 0.25) is 0 Å². The van der Waals surface area contributed by atoms with Crippen molar-refractivity contribution in [1.29, 1.82) is 0 Å². The average molecular weight is 192 g/mol. The highest BCUT2D eigenvalue weighted by Gasteiger charge is 2.03. The number of nitrogens with one attached hydrogen (secondary N) is 2. The molecule has 0 spiro atoms. The molecule has 1 rings (SSSR count). The zero-order valence-corrected chi connectivity index (χ0v) is 7.91. The van der Waals surface area contributed by atoms with E-state index in [4.69, 9.17) is 0 Å². The zero-order valence-electron chi connectivity index (χ0n) is 7.91. The Hall–Kier alpha value is -1.84. The third-order valence-corrected chi connectivity index (χ3v) is 1.69. The third-order valence-electron chi connectivity index (χ3n) is 1.69. The van der Waals surface area contributed by atoms with E-state index in [1.54, 1.807) is 24.3 Å². The third kappa shape index (κ3) is 2.58. The van der Waals surface area contributed by atoms with Gasteiger partial charge in [0.1, 0.15) is 0 Å². The fourth-order valence-electron chi connectivity index (χ4n) is 1.08. The van der Waals surface area contributed by atoms with Gasteiger partial charge in [-0.1, -0.05) is 6.07 Å². The van der Waals surface area contributed by atoms with E-state index in [2.05, 4.69) is 10.6 Å². The molecule has 14 heavy (non-hydrogen) atoms. The smallest absolute Gasteiger partial charge is 0.251 e. The highest BCUT2D eigenvalue weighted by Crippen LogP contribution is 2.09. The minimum Gasteiger partial charge on any atom is -0.352 e. The lowest BCUT2D eigenvalue weighted by Gasteiger charge is -2.03. The van der Waals surface area contributed by atoms with E-state index in [0.717, 1.165) is 0 Å². The number of rotatable bonds is 4. The van der Waals surface area contributed by atoms with Crippen LogP contribution in [0.3, 0.4) is 0 Å². The van der Waals surface area contributed by atoms with Gasteiger partial charge >= 0.3 is 0 Å². The van der Waals surface area contributed by atoms with Crippen molar-refractivity contribution in [3.05, 3.63) is 29.8 Å². The summed E-state index contributed by atoms with van der Waals surface area (Å²) >= 11 is 0.